The Bertz CT molecular complexity index is 1290. The lowest BCUT2D eigenvalue weighted by Gasteiger charge is -2.26. The number of alkyl halides is 3. The number of anilines is 1. The maximum absolute atomic E-state index is 14.2. The zero-order chi connectivity index (χ0) is 24.5. The highest BCUT2D eigenvalue weighted by Gasteiger charge is 2.49. The fraction of sp³-hybridized carbons (Fsp3) is 0.238. The second-order valence-corrected chi connectivity index (χ2v) is 7.56. The number of hydrogen-bond donors (Lipinski definition) is 2. The van der Waals surface area contributed by atoms with E-state index in [4.69, 9.17) is 4.52 Å². The van der Waals surface area contributed by atoms with Gasteiger partial charge in [-0.25, -0.2) is 18.7 Å². The molecular formula is C21H17F5N6O2. The van der Waals surface area contributed by atoms with Crippen LogP contribution < -0.4 is 5.32 Å². The van der Waals surface area contributed by atoms with E-state index in [0.717, 1.165) is 6.20 Å². The number of halogens is 5. The molecule has 13 heteroatoms. The largest absolute Gasteiger partial charge is 0.418 e. The summed E-state index contributed by atoms with van der Waals surface area (Å²) in [5.41, 5.74) is -1.88. The molecule has 0 aliphatic rings. The van der Waals surface area contributed by atoms with E-state index >= 15 is 0 Å². The van der Waals surface area contributed by atoms with Crippen molar-refractivity contribution in [2.75, 3.05) is 11.9 Å². The van der Waals surface area contributed by atoms with E-state index in [9.17, 15) is 27.1 Å². The lowest BCUT2D eigenvalue weighted by Crippen LogP contribution is -2.47. The van der Waals surface area contributed by atoms with E-state index in [1.54, 1.807) is 24.3 Å². The maximum atomic E-state index is 14.2. The summed E-state index contributed by atoms with van der Waals surface area (Å²) in [5, 5.41) is 19.9. The Labute approximate surface area is 189 Å². The predicted octanol–water partition coefficient (Wildman–Crippen LogP) is 4.05. The Hall–Kier alpha value is -3.87. The van der Waals surface area contributed by atoms with E-state index < -0.39 is 35.8 Å². The number of aliphatic hydroxyl groups is 1. The van der Waals surface area contributed by atoms with Gasteiger partial charge >= 0.3 is 6.18 Å². The summed E-state index contributed by atoms with van der Waals surface area (Å²) in [6.45, 7) is -0.486. The SMILES string of the molecule is CC(O)(CNc1nc(-c2cc(-c3ccon3)n(Cc3ccccc3F)n2)ncc1F)C(F)(F)F. The Morgan fingerprint density at radius 2 is 1.85 bits per heavy atom. The molecule has 3 heterocycles. The number of rotatable bonds is 7. The van der Waals surface area contributed by atoms with Crippen molar-refractivity contribution in [3.05, 3.63) is 66.1 Å². The molecule has 0 spiro atoms. The second kappa shape index (κ2) is 8.82. The van der Waals surface area contributed by atoms with Crippen LogP contribution >= 0.6 is 0 Å². The minimum Gasteiger partial charge on any atom is -0.379 e. The summed E-state index contributed by atoms with van der Waals surface area (Å²) in [5.74, 6) is -2.15. The van der Waals surface area contributed by atoms with Crippen LogP contribution in [0.3, 0.4) is 0 Å². The normalized spacial score (nSPS) is 13.6. The van der Waals surface area contributed by atoms with E-state index in [1.165, 1.54) is 23.1 Å². The van der Waals surface area contributed by atoms with Gasteiger partial charge in [0.25, 0.3) is 0 Å². The third-order valence-electron chi connectivity index (χ3n) is 4.94. The number of aromatic nitrogens is 5. The molecule has 0 fully saturated rings. The number of hydrogen-bond acceptors (Lipinski definition) is 7. The fourth-order valence-corrected chi connectivity index (χ4v) is 2.96. The van der Waals surface area contributed by atoms with E-state index in [1.807, 2.05) is 0 Å². The van der Waals surface area contributed by atoms with Crippen molar-refractivity contribution < 1.29 is 31.6 Å². The van der Waals surface area contributed by atoms with Gasteiger partial charge in [-0.15, -0.1) is 0 Å². The first-order valence-corrected chi connectivity index (χ1v) is 9.83. The molecule has 1 unspecified atom stereocenters. The molecule has 0 aliphatic heterocycles. The van der Waals surface area contributed by atoms with Gasteiger partial charge in [0.15, 0.2) is 23.1 Å². The molecule has 0 saturated heterocycles. The quantitative estimate of drug-likeness (QED) is 0.385. The maximum Gasteiger partial charge on any atom is 0.418 e. The molecule has 178 valence electrons. The van der Waals surface area contributed by atoms with Gasteiger partial charge in [-0.2, -0.15) is 18.3 Å². The Morgan fingerprint density at radius 3 is 2.53 bits per heavy atom. The van der Waals surface area contributed by atoms with Crippen molar-refractivity contribution in [1.82, 2.24) is 24.9 Å². The van der Waals surface area contributed by atoms with E-state index in [0.29, 0.717) is 23.9 Å². The molecular weight excluding hydrogens is 463 g/mol. The summed E-state index contributed by atoms with van der Waals surface area (Å²) in [4.78, 5) is 7.78. The van der Waals surface area contributed by atoms with Gasteiger partial charge in [-0.3, -0.25) is 4.68 Å². The third-order valence-corrected chi connectivity index (χ3v) is 4.94. The molecule has 1 atom stereocenters. The summed E-state index contributed by atoms with van der Waals surface area (Å²) in [6, 6.07) is 9.13. The van der Waals surface area contributed by atoms with Crippen molar-refractivity contribution in [1.29, 1.82) is 0 Å². The van der Waals surface area contributed by atoms with Crippen LogP contribution in [0.4, 0.5) is 27.8 Å². The van der Waals surface area contributed by atoms with Gasteiger partial charge in [-0.05, 0) is 19.1 Å². The highest BCUT2D eigenvalue weighted by atomic mass is 19.4. The molecule has 2 N–H and O–H groups in total. The highest BCUT2D eigenvalue weighted by Crippen LogP contribution is 2.31. The highest BCUT2D eigenvalue weighted by molar-refractivity contribution is 5.63. The minimum atomic E-state index is -4.94. The van der Waals surface area contributed by atoms with Crippen LogP contribution in [0.5, 0.6) is 0 Å². The average molecular weight is 480 g/mol. The zero-order valence-electron chi connectivity index (χ0n) is 17.5. The summed E-state index contributed by atoms with van der Waals surface area (Å²) >= 11 is 0. The molecule has 8 nitrogen and oxygen atoms in total. The van der Waals surface area contributed by atoms with Crippen molar-refractivity contribution >= 4 is 5.82 Å². The molecule has 0 bridgehead atoms. The van der Waals surface area contributed by atoms with E-state index in [-0.39, 0.29) is 18.1 Å². The Balaban J connectivity index is 1.68. The summed E-state index contributed by atoms with van der Waals surface area (Å²) in [6.07, 6.45) is -2.85. The molecule has 0 aliphatic carbocycles. The summed E-state index contributed by atoms with van der Waals surface area (Å²) in [7, 11) is 0. The van der Waals surface area contributed by atoms with Crippen LogP contribution in [0.25, 0.3) is 22.9 Å². The fourth-order valence-electron chi connectivity index (χ4n) is 2.96. The molecule has 0 amide bonds. The third kappa shape index (κ3) is 4.73. The standard InChI is InChI=1S/C21H17F5N6O2/c1-20(33,21(24,25)26)11-28-18-14(23)9-27-19(29-18)16-8-17(15-6-7-34-31-15)32(30-16)10-12-4-2-3-5-13(12)22/h2-9,33H,10-11H2,1H3,(H,27,28,29). The first-order valence-electron chi connectivity index (χ1n) is 9.83. The molecule has 1 aromatic carbocycles. The predicted molar refractivity (Wildman–Crippen MR) is 109 cm³/mol. The van der Waals surface area contributed by atoms with Crippen LogP contribution in [0.15, 0.2) is 53.4 Å². The van der Waals surface area contributed by atoms with Gasteiger partial charge in [0.05, 0.1) is 25.0 Å². The van der Waals surface area contributed by atoms with Crippen molar-refractivity contribution in [3.63, 3.8) is 0 Å². The first kappa shape index (κ1) is 23.3. The van der Waals surface area contributed by atoms with Gasteiger partial charge in [-0.1, -0.05) is 23.4 Å². The first-order chi connectivity index (χ1) is 16.0. The summed E-state index contributed by atoms with van der Waals surface area (Å²) < 4.78 is 73.3. The second-order valence-electron chi connectivity index (χ2n) is 7.56. The average Bonchev–Trinajstić information content (AvgIpc) is 3.44. The molecule has 4 rings (SSSR count). The van der Waals surface area contributed by atoms with Crippen LogP contribution in [-0.4, -0.2) is 48.3 Å². The molecule has 4 aromatic rings. The van der Waals surface area contributed by atoms with Crippen LogP contribution in [-0.2, 0) is 6.54 Å². The van der Waals surface area contributed by atoms with Gasteiger partial charge < -0.3 is 14.9 Å². The van der Waals surface area contributed by atoms with Crippen LogP contribution in [0.2, 0.25) is 0 Å². The number of nitrogens with one attached hydrogen (secondary N) is 1. The van der Waals surface area contributed by atoms with Gasteiger partial charge in [0, 0.05) is 11.6 Å². The van der Waals surface area contributed by atoms with Crippen LogP contribution in [0.1, 0.15) is 12.5 Å². The molecule has 3 aromatic heterocycles. The molecule has 0 saturated carbocycles. The van der Waals surface area contributed by atoms with Gasteiger partial charge in [0.1, 0.15) is 23.5 Å². The lowest BCUT2D eigenvalue weighted by molar-refractivity contribution is -0.246. The topological polar surface area (TPSA) is 102 Å². The number of benzene rings is 1. The lowest BCUT2D eigenvalue weighted by atomic mass is 10.1. The Kier molecular flexibility index (Phi) is 6.04. The zero-order valence-corrected chi connectivity index (χ0v) is 17.5. The van der Waals surface area contributed by atoms with Gasteiger partial charge in [0.2, 0.25) is 0 Å². The smallest absolute Gasteiger partial charge is 0.379 e. The van der Waals surface area contributed by atoms with Crippen molar-refractivity contribution in [2.24, 2.45) is 0 Å². The van der Waals surface area contributed by atoms with Crippen LogP contribution in [0, 0.1) is 11.6 Å². The molecule has 34 heavy (non-hydrogen) atoms. The monoisotopic (exact) mass is 480 g/mol. The Morgan fingerprint density at radius 1 is 1.09 bits per heavy atom. The molecule has 0 radical (unpaired) electrons. The van der Waals surface area contributed by atoms with E-state index in [2.05, 4.69) is 25.5 Å². The van der Waals surface area contributed by atoms with Crippen molar-refractivity contribution in [2.45, 2.75) is 25.2 Å². The minimum absolute atomic E-state index is 0.00954. The van der Waals surface area contributed by atoms with Crippen molar-refractivity contribution in [3.8, 4) is 22.9 Å². The number of nitrogens with zero attached hydrogens (tertiary/aromatic N) is 5.